The van der Waals surface area contributed by atoms with Crippen molar-refractivity contribution in [2.24, 2.45) is 0 Å². The van der Waals surface area contributed by atoms with Gasteiger partial charge in [0.25, 0.3) is 0 Å². The Hall–Kier alpha value is -0.370. The average molecular weight is 172 g/mol. The Labute approximate surface area is 75.3 Å². The summed E-state index contributed by atoms with van der Waals surface area (Å²) in [5, 5.41) is 0. The smallest absolute Gasteiger partial charge is 0.129 e. The van der Waals surface area contributed by atoms with Crippen LogP contribution in [0.5, 0.6) is 0 Å². The lowest BCUT2D eigenvalue weighted by atomic mass is 10.0. The molecule has 0 saturated carbocycles. The molecule has 0 unspecified atom stereocenters. The van der Waals surface area contributed by atoms with E-state index in [4.69, 9.17) is 4.74 Å². The first-order valence-electron chi connectivity index (χ1n) is 4.61. The van der Waals surface area contributed by atoms with Crippen molar-refractivity contribution in [3.8, 4) is 0 Å². The van der Waals surface area contributed by atoms with Crippen LogP contribution in [0, 0.1) is 0 Å². The van der Waals surface area contributed by atoms with Crippen molar-refractivity contribution in [3.63, 3.8) is 0 Å². The average Bonchev–Trinajstić information content (AvgIpc) is 1.85. The lowest BCUT2D eigenvalue weighted by Gasteiger charge is -2.24. The van der Waals surface area contributed by atoms with Gasteiger partial charge >= 0.3 is 0 Å². The van der Waals surface area contributed by atoms with Crippen LogP contribution < -0.4 is 0 Å². The molecule has 0 radical (unpaired) electrons. The zero-order valence-electron chi connectivity index (χ0n) is 8.64. The second-order valence-corrected chi connectivity index (χ2v) is 3.75. The molecule has 0 heterocycles. The van der Waals surface area contributed by atoms with Crippen molar-refractivity contribution in [1.29, 1.82) is 0 Å². The van der Waals surface area contributed by atoms with Gasteiger partial charge in [-0.1, -0.05) is 0 Å². The van der Waals surface area contributed by atoms with Crippen LogP contribution in [0.2, 0.25) is 0 Å². The third kappa shape index (κ3) is 6.35. The van der Waals surface area contributed by atoms with E-state index in [2.05, 4.69) is 13.8 Å². The van der Waals surface area contributed by atoms with Crippen LogP contribution in [-0.4, -0.2) is 18.0 Å². The normalized spacial score (nSPS) is 11.7. The summed E-state index contributed by atoms with van der Waals surface area (Å²) in [6.45, 7) is 8.50. The molecule has 2 heteroatoms. The van der Waals surface area contributed by atoms with Gasteiger partial charge in [-0.05, 0) is 40.5 Å². The molecule has 0 rings (SSSR count). The number of rotatable bonds is 6. The second kappa shape index (κ2) is 5.31. The molecule has 0 amide bonds. The Bertz CT molecular complexity index is 139. The third-order valence-corrected chi connectivity index (χ3v) is 1.84. The van der Waals surface area contributed by atoms with E-state index in [1.807, 2.05) is 6.92 Å². The van der Waals surface area contributed by atoms with E-state index < -0.39 is 0 Å². The first-order chi connectivity index (χ1) is 5.48. The maximum Gasteiger partial charge on any atom is 0.129 e. The van der Waals surface area contributed by atoms with Crippen LogP contribution in [0.25, 0.3) is 0 Å². The van der Waals surface area contributed by atoms with E-state index in [0.717, 1.165) is 19.4 Å². The zero-order chi connectivity index (χ0) is 9.61. The molecule has 0 fully saturated rings. The van der Waals surface area contributed by atoms with Crippen molar-refractivity contribution in [1.82, 2.24) is 0 Å². The number of ketones is 1. The molecule has 12 heavy (non-hydrogen) atoms. The van der Waals surface area contributed by atoms with Crippen molar-refractivity contribution in [3.05, 3.63) is 0 Å². The molecule has 0 aliphatic heterocycles. The van der Waals surface area contributed by atoms with Crippen molar-refractivity contribution in [2.75, 3.05) is 6.61 Å². The van der Waals surface area contributed by atoms with Gasteiger partial charge in [-0.15, -0.1) is 0 Å². The summed E-state index contributed by atoms with van der Waals surface area (Å²) < 4.78 is 5.50. The van der Waals surface area contributed by atoms with Crippen LogP contribution in [0.3, 0.4) is 0 Å². The minimum atomic E-state index is -0.0653. The largest absolute Gasteiger partial charge is 0.376 e. The van der Waals surface area contributed by atoms with Gasteiger partial charge in [0, 0.05) is 13.0 Å². The lowest BCUT2D eigenvalue weighted by Crippen LogP contribution is -2.24. The molecule has 0 bridgehead atoms. The predicted octanol–water partition coefficient (Wildman–Crippen LogP) is 2.56. The van der Waals surface area contributed by atoms with Gasteiger partial charge in [-0.2, -0.15) is 0 Å². The summed E-state index contributed by atoms with van der Waals surface area (Å²) in [7, 11) is 0. The molecular weight excluding hydrogens is 152 g/mol. The Morgan fingerprint density at radius 2 is 2.00 bits per heavy atom. The Balaban J connectivity index is 3.53. The quantitative estimate of drug-likeness (QED) is 0.615. The predicted molar refractivity (Wildman–Crippen MR) is 50.2 cm³/mol. The highest BCUT2D eigenvalue weighted by molar-refractivity contribution is 5.75. The number of hydrogen-bond acceptors (Lipinski definition) is 2. The Morgan fingerprint density at radius 3 is 2.42 bits per heavy atom. The van der Waals surface area contributed by atoms with Crippen molar-refractivity contribution >= 4 is 5.78 Å². The fourth-order valence-corrected chi connectivity index (χ4v) is 1.23. The lowest BCUT2D eigenvalue weighted by molar-refractivity contribution is -0.117. The van der Waals surface area contributed by atoms with Gasteiger partial charge in [0.2, 0.25) is 0 Å². The molecule has 0 aromatic rings. The first kappa shape index (κ1) is 11.6. The van der Waals surface area contributed by atoms with Gasteiger partial charge in [-0.25, -0.2) is 0 Å². The summed E-state index contributed by atoms with van der Waals surface area (Å²) in [5.41, 5.74) is -0.0653. The minimum absolute atomic E-state index is 0.0653. The molecule has 0 aliphatic carbocycles. The SMILES string of the molecule is CCOC(C)(C)CCCC(C)=O. The number of carbonyl (C=O) groups excluding carboxylic acids is 1. The van der Waals surface area contributed by atoms with Crippen LogP contribution >= 0.6 is 0 Å². The molecule has 2 nitrogen and oxygen atoms in total. The van der Waals surface area contributed by atoms with E-state index in [0.29, 0.717) is 6.42 Å². The molecular formula is C10H20O2. The summed E-state index contributed by atoms with van der Waals surface area (Å²) in [5.74, 6) is 0.266. The molecule has 0 aliphatic rings. The van der Waals surface area contributed by atoms with E-state index in [9.17, 15) is 4.79 Å². The van der Waals surface area contributed by atoms with Crippen molar-refractivity contribution < 1.29 is 9.53 Å². The molecule has 0 N–H and O–H groups in total. The van der Waals surface area contributed by atoms with Gasteiger partial charge in [0.05, 0.1) is 5.60 Å². The van der Waals surface area contributed by atoms with Gasteiger partial charge in [-0.3, -0.25) is 0 Å². The summed E-state index contributed by atoms with van der Waals surface area (Å²) >= 11 is 0. The molecule has 0 atom stereocenters. The Kier molecular flexibility index (Phi) is 5.14. The van der Waals surface area contributed by atoms with E-state index >= 15 is 0 Å². The van der Waals surface area contributed by atoms with Crippen LogP contribution in [-0.2, 0) is 9.53 Å². The fraction of sp³-hybridized carbons (Fsp3) is 0.900. The van der Waals surface area contributed by atoms with E-state index in [-0.39, 0.29) is 11.4 Å². The fourth-order valence-electron chi connectivity index (χ4n) is 1.23. The van der Waals surface area contributed by atoms with E-state index in [1.165, 1.54) is 0 Å². The number of carbonyl (C=O) groups is 1. The molecule has 0 saturated heterocycles. The third-order valence-electron chi connectivity index (χ3n) is 1.84. The standard InChI is InChI=1S/C10H20O2/c1-5-12-10(3,4)8-6-7-9(2)11/h5-8H2,1-4H3. The number of Topliss-reactive ketones (excluding diaryl/α,β-unsaturated/α-hetero) is 1. The highest BCUT2D eigenvalue weighted by Crippen LogP contribution is 2.17. The number of ether oxygens (including phenoxy) is 1. The van der Waals surface area contributed by atoms with Gasteiger partial charge in [0.1, 0.15) is 5.78 Å². The van der Waals surface area contributed by atoms with Gasteiger partial charge < -0.3 is 9.53 Å². The topological polar surface area (TPSA) is 26.3 Å². The summed E-state index contributed by atoms with van der Waals surface area (Å²) in [6.07, 6.45) is 2.57. The van der Waals surface area contributed by atoms with Gasteiger partial charge in [0.15, 0.2) is 0 Å². The monoisotopic (exact) mass is 172 g/mol. The van der Waals surface area contributed by atoms with Crippen LogP contribution in [0.1, 0.15) is 47.0 Å². The maximum absolute atomic E-state index is 10.6. The highest BCUT2D eigenvalue weighted by atomic mass is 16.5. The summed E-state index contributed by atoms with van der Waals surface area (Å²) in [4.78, 5) is 10.6. The molecule has 0 aromatic carbocycles. The molecule has 0 spiro atoms. The molecule has 0 aromatic heterocycles. The zero-order valence-corrected chi connectivity index (χ0v) is 8.64. The Morgan fingerprint density at radius 1 is 1.42 bits per heavy atom. The highest BCUT2D eigenvalue weighted by Gasteiger charge is 2.16. The van der Waals surface area contributed by atoms with Crippen LogP contribution in [0.15, 0.2) is 0 Å². The first-order valence-corrected chi connectivity index (χ1v) is 4.61. The van der Waals surface area contributed by atoms with Crippen molar-refractivity contribution in [2.45, 2.75) is 52.6 Å². The minimum Gasteiger partial charge on any atom is -0.376 e. The number of hydrogen-bond donors (Lipinski definition) is 0. The molecule has 72 valence electrons. The second-order valence-electron chi connectivity index (χ2n) is 3.75. The maximum atomic E-state index is 10.6. The van der Waals surface area contributed by atoms with E-state index in [1.54, 1.807) is 6.92 Å². The van der Waals surface area contributed by atoms with Crippen LogP contribution in [0.4, 0.5) is 0 Å². The summed E-state index contributed by atoms with van der Waals surface area (Å²) in [6, 6.07) is 0.